The average molecular weight is 437 g/mol. The van der Waals surface area contributed by atoms with Gasteiger partial charge in [-0.2, -0.15) is 0 Å². The highest BCUT2D eigenvalue weighted by Crippen LogP contribution is 2.68. The van der Waals surface area contributed by atoms with Crippen molar-refractivity contribution in [2.45, 2.75) is 76.3 Å². The first-order valence-corrected chi connectivity index (χ1v) is 13.0. The Morgan fingerprint density at radius 3 is 1.22 bits per heavy atom. The topological polar surface area (TPSA) is 74.8 Å². The molecule has 0 aromatic carbocycles. The molecule has 6 nitrogen and oxygen atoms in total. The maximum absolute atomic E-state index is 13.6. The van der Waals surface area contributed by atoms with Gasteiger partial charge in [-0.15, -0.1) is 0 Å². The molecule has 6 aliphatic carbocycles. The highest BCUT2D eigenvalue weighted by Gasteiger charge is 2.75. The largest absolute Gasteiger partial charge is 0.279 e. The molecule has 0 unspecified atom stereocenters. The van der Waals surface area contributed by atoms with Crippen LogP contribution in [0.5, 0.6) is 0 Å². The van der Waals surface area contributed by atoms with Crippen LogP contribution in [0.25, 0.3) is 0 Å². The van der Waals surface area contributed by atoms with E-state index in [-0.39, 0.29) is 83.1 Å². The van der Waals surface area contributed by atoms with E-state index >= 15 is 0 Å². The molecule has 0 radical (unpaired) electrons. The Morgan fingerprint density at radius 1 is 0.500 bits per heavy atom. The number of hydrogen-bond donors (Lipinski definition) is 0. The number of imide groups is 2. The van der Waals surface area contributed by atoms with Crippen LogP contribution in [-0.4, -0.2) is 45.5 Å². The molecule has 0 N–H and O–H groups in total. The van der Waals surface area contributed by atoms with Crippen molar-refractivity contribution in [1.29, 1.82) is 0 Å². The van der Waals surface area contributed by atoms with Crippen LogP contribution >= 0.6 is 0 Å². The minimum absolute atomic E-state index is 0.00839. The van der Waals surface area contributed by atoms with Crippen molar-refractivity contribution in [2.75, 3.05) is 0 Å². The maximum atomic E-state index is 13.6. The smallest absolute Gasteiger partial charge is 0.233 e. The van der Waals surface area contributed by atoms with Gasteiger partial charge in [0.25, 0.3) is 0 Å². The summed E-state index contributed by atoms with van der Waals surface area (Å²) in [6, 6.07) is 0.113. The SMILES string of the molecule is O=C1[C@H]2[C@@H]3C=C[C@@H]([C@@H]2C(=O)N1C1CCCCC1)[C@H]1[C@H]2C(=O)N(C4CCCCC4)C(=O)[C@@H]2[C@H]31. The monoisotopic (exact) mass is 436 g/mol. The number of likely N-dealkylation sites (tertiary alicyclic amines) is 2. The number of carbonyl (C=O) groups excluding carboxylic acids is 4. The molecule has 8 rings (SSSR count). The van der Waals surface area contributed by atoms with Crippen molar-refractivity contribution in [3.8, 4) is 0 Å². The minimum atomic E-state index is -0.312. The predicted octanol–water partition coefficient (Wildman–Crippen LogP) is 2.92. The second-order valence-electron chi connectivity index (χ2n) is 11.5. The van der Waals surface area contributed by atoms with Gasteiger partial charge in [-0.1, -0.05) is 50.7 Å². The number of amides is 4. The molecule has 0 spiro atoms. The number of carbonyl (C=O) groups is 4. The molecule has 0 aromatic rings. The molecular formula is C26H32N2O4. The minimum Gasteiger partial charge on any atom is -0.279 e. The first-order valence-electron chi connectivity index (χ1n) is 13.0. The molecule has 2 saturated heterocycles. The van der Waals surface area contributed by atoms with E-state index < -0.39 is 0 Å². The molecule has 2 heterocycles. The molecule has 6 heteroatoms. The Balaban J connectivity index is 1.20. The summed E-state index contributed by atoms with van der Waals surface area (Å²) in [7, 11) is 0. The lowest BCUT2D eigenvalue weighted by atomic mass is 9.40. The first kappa shape index (κ1) is 19.5. The average Bonchev–Trinajstić information content (AvgIpc) is 3.19. The zero-order valence-corrected chi connectivity index (χ0v) is 18.5. The Morgan fingerprint density at radius 2 is 0.844 bits per heavy atom. The summed E-state index contributed by atoms with van der Waals surface area (Å²) >= 11 is 0. The van der Waals surface area contributed by atoms with Gasteiger partial charge in [0.15, 0.2) is 0 Å². The van der Waals surface area contributed by atoms with Gasteiger partial charge in [0, 0.05) is 12.1 Å². The lowest BCUT2D eigenvalue weighted by Crippen LogP contribution is -2.63. The van der Waals surface area contributed by atoms with Crippen molar-refractivity contribution in [2.24, 2.45) is 47.3 Å². The molecule has 2 aliphatic heterocycles. The number of rotatable bonds is 2. The van der Waals surface area contributed by atoms with E-state index in [4.69, 9.17) is 0 Å². The van der Waals surface area contributed by atoms with E-state index in [0.717, 1.165) is 51.4 Å². The van der Waals surface area contributed by atoms with Crippen molar-refractivity contribution in [3.05, 3.63) is 12.2 Å². The second-order valence-corrected chi connectivity index (χ2v) is 11.5. The number of nitrogens with zero attached hydrogens (tertiary/aromatic N) is 2. The summed E-state index contributed by atoms with van der Waals surface area (Å²) in [6.07, 6.45) is 14.6. The summed E-state index contributed by atoms with van der Waals surface area (Å²) in [5, 5.41) is 0. The summed E-state index contributed by atoms with van der Waals surface area (Å²) in [5.41, 5.74) is 0. The van der Waals surface area contributed by atoms with E-state index in [1.807, 2.05) is 0 Å². The lowest BCUT2D eigenvalue weighted by molar-refractivity contribution is -0.166. The molecule has 32 heavy (non-hydrogen) atoms. The van der Waals surface area contributed by atoms with E-state index in [9.17, 15) is 19.2 Å². The van der Waals surface area contributed by atoms with Crippen LogP contribution < -0.4 is 0 Å². The number of hydrogen-bond acceptors (Lipinski definition) is 4. The summed E-state index contributed by atoms with van der Waals surface area (Å²) in [6.45, 7) is 0. The fraction of sp³-hybridized carbons (Fsp3) is 0.769. The Labute approximate surface area is 188 Å². The summed E-state index contributed by atoms with van der Waals surface area (Å²) < 4.78 is 0. The zero-order valence-electron chi connectivity index (χ0n) is 18.5. The van der Waals surface area contributed by atoms with E-state index in [1.165, 1.54) is 12.8 Å². The van der Waals surface area contributed by atoms with Crippen LogP contribution in [0.15, 0.2) is 12.2 Å². The molecule has 8 aliphatic rings. The number of fused-ring (bicyclic) bond motifs is 1. The van der Waals surface area contributed by atoms with E-state index in [2.05, 4.69) is 12.2 Å². The van der Waals surface area contributed by atoms with Gasteiger partial charge in [0.1, 0.15) is 0 Å². The van der Waals surface area contributed by atoms with Crippen LogP contribution in [0, 0.1) is 47.3 Å². The molecule has 0 aromatic heterocycles. The molecule has 8 atom stereocenters. The van der Waals surface area contributed by atoms with Crippen molar-refractivity contribution in [3.63, 3.8) is 0 Å². The van der Waals surface area contributed by atoms with E-state index in [1.54, 1.807) is 9.80 Å². The fourth-order valence-electron chi connectivity index (χ4n) is 9.05. The maximum Gasteiger partial charge on any atom is 0.233 e. The molecular weight excluding hydrogens is 404 g/mol. The first-order chi connectivity index (χ1) is 15.6. The van der Waals surface area contributed by atoms with Crippen molar-refractivity contribution < 1.29 is 19.2 Å². The standard InChI is InChI=1S/C26H32N2O4/c29-23-19-15-11-12-16(20(19)24(30)27(23)13-7-3-1-4-8-13)18-17(15)21-22(18)26(32)28(25(21)31)14-9-5-2-6-10-14/h11-22H,1-10H2/t15-,16-,17-,18-,19+,20+,21-,22-/m1/s1. The Hall–Kier alpha value is -1.98. The highest BCUT2D eigenvalue weighted by atomic mass is 16.2. The van der Waals surface area contributed by atoms with Gasteiger partial charge in [-0.3, -0.25) is 29.0 Å². The molecule has 2 bridgehead atoms. The van der Waals surface area contributed by atoms with Crippen LogP contribution in [0.4, 0.5) is 0 Å². The second kappa shape index (κ2) is 6.77. The highest BCUT2D eigenvalue weighted by molar-refractivity contribution is 6.09. The van der Waals surface area contributed by atoms with Crippen LogP contribution in [0.2, 0.25) is 0 Å². The third-order valence-electron chi connectivity index (χ3n) is 10.3. The molecule has 4 saturated carbocycles. The molecule has 4 amide bonds. The van der Waals surface area contributed by atoms with Gasteiger partial charge in [-0.25, -0.2) is 0 Å². The van der Waals surface area contributed by atoms with Crippen LogP contribution in [0.3, 0.4) is 0 Å². The van der Waals surface area contributed by atoms with E-state index in [0.29, 0.717) is 0 Å². The lowest BCUT2D eigenvalue weighted by Gasteiger charge is -2.60. The summed E-state index contributed by atoms with van der Waals surface area (Å²) in [5.74, 6) is -1.11. The van der Waals surface area contributed by atoms with Gasteiger partial charge >= 0.3 is 0 Å². The molecule has 6 fully saturated rings. The third kappa shape index (κ3) is 2.27. The Bertz CT molecular complexity index is 874. The number of allylic oxidation sites excluding steroid dienone is 2. The fourth-order valence-corrected chi connectivity index (χ4v) is 9.05. The van der Waals surface area contributed by atoms with Crippen LogP contribution in [-0.2, 0) is 19.2 Å². The predicted molar refractivity (Wildman–Crippen MR) is 115 cm³/mol. The normalized spacial score (nSPS) is 45.9. The van der Waals surface area contributed by atoms with Gasteiger partial charge in [0.2, 0.25) is 23.6 Å². The van der Waals surface area contributed by atoms with Gasteiger partial charge in [0.05, 0.1) is 23.7 Å². The zero-order chi connectivity index (χ0) is 21.7. The van der Waals surface area contributed by atoms with Gasteiger partial charge in [-0.05, 0) is 49.4 Å². The molecule has 170 valence electrons. The summed E-state index contributed by atoms with van der Waals surface area (Å²) in [4.78, 5) is 57.4. The van der Waals surface area contributed by atoms with Crippen molar-refractivity contribution in [1.82, 2.24) is 9.80 Å². The Kier molecular flexibility index (Phi) is 4.12. The van der Waals surface area contributed by atoms with Crippen LogP contribution in [0.1, 0.15) is 64.2 Å². The van der Waals surface area contributed by atoms with Gasteiger partial charge < -0.3 is 0 Å². The third-order valence-corrected chi connectivity index (χ3v) is 10.3. The quantitative estimate of drug-likeness (QED) is 0.493. The van der Waals surface area contributed by atoms with Crippen molar-refractivity contribution >= 4 is 23.6 Å².